The molecule has 2 saturated carbocycles. The number of hydrogen-bond acceptors (Lipinski definition) is 2. The molecular formula is C26H25F2NS. The topological polar surface area (TPSA) is 12.4 Å². The molecule has 0 spiro atoms. The van der Waals surface area contributed by atoms with E-state index in [1.165, 1.54) is 69.1 Å². The summed E-state index contributed by atoms with van der Waals surface area (Å²) >= 11 is 4.41. The molecule has 0 amide bonds. The third kappa shape index (κ3) is 4.86. The van der Waals surface area contributed by atoms with Gasteiger partial charge in [-0.15, -0.1) is 0 Å². The predicted octanol–water partition coefficient (Wildman–Crippen LogP) is 7.56. The van der Waals surface area contributed by atoms with Gasteiger partial charge in [0.15, 0.2) is 11.6 Å². The Labute approximate surface area is 182 Å². The van der Waals surface area contributed by atoms with E-state index in [-0.39, 0.29) is 5.56 Å². The van der Waals surface area contributed by atoms with Crippen LogP contribution in [0.5, 0.6) is 0 Å². The Kier molecular flexibility index (Phi) is 6.72. The first kappa shape index (κ1) is 20.9. The molecular weight excluding hydrogens is 396 g/mol. The van der Waals surface area contributed by atoms with Crippen molar-refractivity contribution >= 4 is 23.1 Å². The van der Waals surface area contributed by atoms with Crippen molar-refractivity contribution in [3.05, 3.63) is 64.7 Å². The molecule has 0 saturated heterocycles. The minimum Gasteiger partial charge on any atom is -0.204 e. The minimum absolute atomic E-state index is 0.266. The summed E-state index contributed by atoms with van der Waals surface area (Å²) in [6.07, 6.45) is 11.0. The zero-order chi connectivity index (χ0) is 20.9. The number of thiocarbonyl (C=S) groups is 1. The standard InChI is InChI=1S/C26H25F2NS/c27-24-15-19(16-25(28)26(24)29-17-30)6-5-18-7-9-21(10-8-18)23-13-11-22(12-14-23)20-3-1-2-4-20/h7-10,15-16,20,22-23H,1-4,11-14H2. The van der Waals surface area contributed by atoms with Crippen LogP contribution in [-0.4, -0.2) is 5.16 Å². The number of aliphatic imine (C=N–C) groups is 1. The summed E-state index contributed by atoms with van der Waals surface area (Å²) in [5.41, 5.74) is 2.05. The van der Waals surface area contributed by atoms with E-state index in [1.54, 1.807) is 0 Å². The zero-order valence-electron chi connectivity index (χ0n) is 17.0. The molecule has 30 heavy (non-hydrogen) atoms. The molecule has 2 aromatic carbocycles. The van der Waals surface area contributed by atoms with Crippen LogP contribution in [0.1, 0.15) is 74.0 Å². The van der Waals surface area contributed by atoms with Gasteiger partial charge in [-0.3, -0.25) is 0 Å². The average molecular weight is 422 g/mol. The summed E-state index contributed by atoms with van der Waals surface area (Å²) in [5.74, 6) is 6.80. The Morgan fingerprint density at radius 1 is 0.767 bits per heavy atom. The maximum Gasteiger partial charge on any atom is 0.153 e. The Morgan fingerprint density at radius 3 is 1.93 bits per heavy atom. The summed E-state index contributed by atoms with van der Waals surface area (Å²) in [6, 6.07) is 10.6. The van der Waals surface area contributed by atoms with Crippen molar-refractivity contribution < 1.29 is 8.78 Å². The number of hydrogen-bond donors (Lipinski definition) is 0. The smallest absolute Gasteiger partial charge is 0.153 e. The molecule has 0 atom stereocenters. The molecule has 4 heteroatoms. The van der Waals surface area contributed by atoms with Gasteiger partial charge in [-0.05, 0) is 85.5 Å². The summed E-state index contributed by atoms with van der Waals surface area (Å²) in [7, 11) is 0. The number of rotatable bonds is 3. The van der Waals surface area contributed by atoms with Crippen LogP contribution in [0.2, 0.25) is 0 Å². The molecule has 2 fully saturated rings. The highest BCUT2D eigenvalue weighted by atomic mass is 32.1. The molecule has 2 aliphatic carbocycles. The van der Waals surface area contributed by atoms with Crippen LogP contribution in [0, 0.1) is 35.3 Å². The van der Waals surface area contributed by atoms with Gasteiger partial charge in [-0.25, -0.2) is 8.78 Å². The van der Waals surface area contributed by atoms with E-state index < -0.39 is 17.3 Å². The van der Waals surface area contributed by atoms with Gasteiger partial charge in [-0.2, -0.15) is 4.99 Å². The summed E-state index contributed by atoms with van der Waals surface area (Å²) < 4.78 is 27.8. The van der Waals surface area contributed by atoms with Gasteiger partial charge < -0.3 is 0 Å². The lowest BCUT2D eigenvalue weighted by Gasteiger charge is -2.32. The normalized spacial score (nSPS) is 21.5. The molecule has 0 aromatic heterocycles. The molecule has 0 bridgehead atoms. The van der Waals surface area contributed by atoms with Gasteiger partial charge in [0.05, 0.1) is 5.16 Å². The lowest BCUT2D eigenvalue weighted by atomic mass is 9.73. The second kappa shape index (κ2) is 9.65. The largest absolute Gasteiger partial charge is 0.204 e. The van der Waals surface area contributed by atoms with E-state index in [2.05, 4.69) is 41.2 Å². The van der Waals surface area contributed by atoms with Gasteiger partial charge in [0.2, 0.25) is 0 Å². The summed E-state index contributed by atoms with van der Waals surface area (Å²) in [5, 5.41) is 1.98. The van der Waals surface area contributed by atoms with Crippen molar-refractivity contribution in [1.82, 2.24) is 0 Å². The highest BCUT2D eigenvalue weighted by Crippen LogP contribution is 2.43. The SMILES string of the molecule is Fc1cc(C#Cc2ccc(C3CCC(C4CCCC4)CC3)cc2)cc(F)c1N=C=S. The third-order valence-electron chi connectivity index (χ3n) is 6.75. The second-order valence-electron chi connectivity index (χ2n) is 8.52. The van der Waals surface area contributed by atoms with Crippen molar-refractivity contribution in [3.8, 4) is 11.8 Å². The minimum atomic E-state index is -0.791. The monoisotopic (exact) mass is 421 g/mol. The molecule has 0 unspecified atom stereocenters. The molecule has 1 nitrogen and oxygen atoms in total. The Bertz CT molecular complexity index is 975. The van der Waals surface area contributed by atoms with Crippen LogP contribution in [0.3, 0.4) is 0 Å². The van der Waals surface area contributed by atoms with E-state index in [4.69, 9.17) is 0 Å². The average Bonchev–Trinajstić information content (AvgIpc) is 3.30. The molecule has 0 heterocycles. The van der Waals surface area contributed by atoms with Crippen molar-refractivity contribution in [1.29, 1.82) is 0 Å². The molecule has 2 aliphatic rings. The van der Waals surface area contributed by atoms with Crippen molar-refractivity contribution in [3.63, 3.8) is 0 Å². The molecule has 0 radical (unpaired) electrons. The maximum absolute atomic E-state index is 13.9. The van der Waals surface area contributed by atoms with Gasteiger partial charge in [0.1, 0.15) is 5.69 Å². The van der Waals surface area contributed by atoms with Gasteiger partial charge in [-0.1, -0.05) is 49.7 Å². The van der Waals surface area contributed by atoms with Gasteiger partial charge >= 0.3 is 0 Å². The molecule has 0 aliphatic heterocycles. The molecule has 154 valence electrons. The molecule has 2 aromatic rings. The van der Waals surface area contributed by atoms with E-state index in [0.29, 0.717) is 5.92 Å². The van der Waals surface area contributed by atoms with E-state index in [1.807, 2.05) is 17.3 Å². The van der Waals surface area contributed by atoms with Crippen molar-refractivity contribution in [2.24, 2.45) is 16.8 Å². The van der Waals surface area contributed by atoms with Crippen LogP contribution in [0.25, 0.3) is 0 Å². The van der Waals surface area contributed by atoms with E-state index in [9.17, 15) is 8.78 Å². The third-order valence-corrected chi connectivity index (χ3v) is 6.84. The van der Waals surface area contributed by atoms with Crippen molar-refractivity contribution in [2.75, 3.05) is 0 Å². The van der Waals surface area contributed by atoms with E-state index in [0.717, 1.165) is 17.4 Å². The fourth-order valence-corrected chi connectivity index (χ4v) is 5.22. The Hall–Kier alpha value is -2.34. The van der Waals surface area contributed by atoms with Crippen LogP contribution >= 0.6 is 12.2 Å². The highest BCUT2D eigenvalue weighted by molar-refractivity contribution is 7.78. The Balaban J connectivity index is 1.40. The quantitative estimate of drug-likeness (QED) is 0.283. The second-order valence-corrected chi connectivity index (χ2v) is 8.70. The summed E-state index contributed by atoms with van der Waals surface area (Å²) in [4.78, 5) is 3.41. The fourth-order valence-electron chi connectivity index (χ4n) is 5.13. The number of isothiocyanates is 1. The zero-order valence-corrected chi connectivity index (χ0v) is 17.8. The van der Waals surface area contributed by atoms with Crippen LogP contribution < -0.4 is 0 Å². The predicted molar refractivity (Wildman–Crippen MR) is 120 cm³/mol. The number of halogens is 2. The van der Waals surface area contributed by atoms with E-state index >= 15 is 0 Å². The van der Waals surface area contributed by atoms with Gasteiger partial charge in [0.25, 0.3) is 0 Å². The number of nitrogens with zero attached hydrogens (tertiary/aromatic N) is 1. The lowest BCUT2D eigenvalue weighted by Crippen LogP contribution is -2.19. The van der Waals surface area contributed by atoms with Crippen molar-refractivity contribution in [2.45, 2.75) is 57.3 Å². The fraction of sp³-hybridized carbons (Fsp3) is 0.423. The first-order valence-electron chi connectivity index (χ1n) is 10.8. The first-order valence-corrected chi connectivity index (χ1v) is 11.2. The Morgan fingerprint density at radius 2 is 1.33 bits per heavy atom. The molecule has 0 N–H and O–H groups in total. The van der Waals surface area contributed by atoms with Gasteiger partial charge in [0, 0.05) is 11.1 Å². The maximum atomic E-state index is 13.9. The lowest BCUT2D eigenvalue weighted by molar-refractivity contribution is 0.235. The number of benzene rings is 2. The van der Waals surface area contributed by atoms with Crippen LogP contribution in [-0.2, 0) is 0 Å². The highest BCUT2D eigenvalue weighted by Gasteiger charge is 2.29. The first-order chi connectivity index (χ1) is 14.6. The molecule has 4 rings (SSSR count). The summed E-state index contributed by atoms with van der Waals surface area (Å²) in [6.45, 7) is 0. The van der Waals surface area contributed by atoms with Crippen LogP contribution in [0.15, 0.2) is 41.4 Å². The van der Waals surface area contributed by atoms with Crippen LogP contribution in [0.4, 0.5) is 14.5 Å².